The molecule has 0 saturated heterocycles. The summed E-state index contributed by atoms with van der Waals surface area (Å²) in [6.45, 7) is 1.96. The van der Waals surface area contributed by atoms with E-state index in [2.05, 4.69) is 15.5 Å². The summed E-state index contributed by atoms with van der Waals surface area (Å²) in [4.78, 5) is 41.5. The molecule has 0 fully saturated rings. The Kier molecular flexibility index (Phi) is 6.84. The number of hydrazone groups is 1. The van der Waals surface area contributed by atoms with Gasteiger partial charge in [-0.15, -0.1) is 0 Å². The molecule has 0 spiro atoms. The van der Waals surface area contributed by atoms with Gasteiger partial charge in [0.05, 0.1) is 34.1 Å². The summed E-state index contributed by atoms with van der Waals surface area (Å²) in [6, 6.07) is 20.9. The van der Waals surface area contributed by atoms with E-state index in [1.165, 1.54) is 16.8 Å². The molecule has 1 amide bonds. The second-order valence-electron chi connectivity index (χ2n) is 7.36. The van der Waals surface area contributed by atoms with Crippen LogP contribution < -0.4 is 11.0 Å². The number of fused-ring (bicyclic) bond motifs is 1. The molecule has 0 bridgehead atoms. The molecule has 1 aromatic heterocycles. The van der Waals surface area contributed by atoms with Crippen LogP contribution in [0.15, 0.2) is 87.8 Å². The van der Waals surface area contributed by atoms with Gasteiger partial charge in [0, 0.05) is 5.56 Å². The van der Waals surface area contributed by atoms with Crippen LogP contribution in [0.25, 0.3) is 16.6 Å². The Morgan fingerprint density at radius 1 is 1.06 bits per heavy atom. The Hall–Kier alpha value is -4.24. The highest BCUT2D eigenvalue weighted by atomic mass is 32.2. The molecule has 0 aliphatic rings. The molecule has 9 heteroatoms. The lowest BCUT2D eigenvalue weighted by Crippen LogP contribution is -2.24. The zero-order chi connectivity index (χ0) is 24.1. The van der Waals surface area contributed by atoms with E-state index in [1.807, 2.05) is 31.2 Å². The first-order chi connectivity index (χ1) is 16.4. The predicted octanol–water partition coefficient (Wildman–Crippen LogP) is 3.63. The molecular weight excluding hydrogens is 452 g/mol. The second kappa shape index (κ2) is 10.1. The van der Waals surface area contributed by atoms with E-state index < -0.39 is 11.9 Å². The first-order valence-corrected chi connectivity index (χ1v) is 11.3. The topological polar surface area (TPSA) is 114 Å². The maximum Gasteiger partial charge on any atom is 0.336 e. The fraction of sp³-hybridized carbons (Fsp3) is 0.0800. The van der Waals surface area contributed by atoms with Gasteiger partial charge in [-0.25, -0.2) is 15.2 Å². The highest BCUT2D eigenvalue weighted by Crippen LogP contribution is 2.21. The SMILES string of the molecule is Cc1ccc(-n2c(SCC(=O)NN=Cc3ccccc3C(=O)O)nc3ccccc3c2=O)cc1. The van der Waals surface area contributed by atoms with Crippen LogP contribution in [0.5, 0.6) is 0 Å². The average molecular weight is 473 g/mol. The van der Waals surface area contributed by atoms with Crippen molar-refractivity contribution in [1.29, 1.82) is 0 Å². The van der Waals surface area contributed by atoms with Gasteiger partial charge < -0.3 is 5.11 Å². The Labute approximate surface area is 199 Å². The molecule has 1 heterocycles. The number of aromatic nitrogens is 2. The summed E-state index contributed by atoms with van der Waals surface area (Å²) in [5, 5.41) is 14.0. The van der Waals surface area contributed by atoms with Crippen LogP contribution in [0.3, 0.4) is 0 Å². The number of rotatable bonds is 7. The third-order valence-electron chi connectivity index (χ3n) is 4.95. The van der Waals surface area contributed by atoms with E-state index >= 15 is 0 Å². The second-order valence-corrected chi connectivity index (χ2v) is 8.30. The van der Waals surface area contributed by atoms with Crippen molar-refractivity contribution < 1.29 is 14.7 Å². The molecule has 34 heavy (non-hydrogen) atoms. The van der Waals surface area contributed by atoms with Crippen molar-refractivity contribution in [3.8, 4) is 5.69 Å². The molecule has 3 aromatic carbocycles. The van der Waals surface area contributed by atoms with E-state index in [0.29, 0.717) is 27.3 Å². The van der Waals surface area contributed by atoms with Crippen molar-refractivity contribution in [2.45, 2.75) is 12.1 Å². The zero-order valence-corrected chi connectivity index (χ0v) is 19.0. The maximum absolute atomic E-state index is 13.2. The Morgan fingerprint density at radius 2 is 1.76 bits per heavy atom. The summed E-state index contributed by atoms with van der Waals surface area (Å²) in [5.74, 6) is -1.55. The molecule has 0 saturated carbocycles. The quantitative estimate of drug-likeness (QED) is 0.184. The van der Waals surface area contributed by atoms with Crippen molar-refractivity contribution in [2.24, 2.45) is 5.10 Å². The van der Waals surface area contributed by atoms with Crippen LogP contribution in [-0.4, -0.2) is 38.5 Å². The molecule has 0 unspecified atom stereocenters. The van der Waals surface area contributed by atoms with Gasteiger partial charge in [0.25, 0.3) is 11.5 Å². The van der Waals surface area contributed by atoms with Crippen molar-refractivity contribution in [3.05, 3.63) is 99.8 Å². The lowest BCUT2D eigenvalue weighted by Gasteiger charge is -2.13. The van der Waals surface area contributed by atoms with E-state index in [1.54, 1.807) is 42.5 Å². The number of nitrogens with one attached hydrogen (secondary N) is 1. The summed E-state index contributed by atoms with van der Waals surface area (Å²) >= 11 is 1.11. The van der Waals surface area contributed by atoms with Crippen LogP contribution in [0, 0.1) is 6.92 Å². The maximum atomic E-state index is 13.2. The number of carbonyl (C=O) groups is 2. The first-order valence-electron chi connectivity index (χ1n) is 10.3. The lowest BCUT2D eigenvalue weighted by molar-refractivity contribution is -0.118. The number of aryl methyl sites for hydroxylation is 1. The Bertz CT molecular complexity index is 1460. The minimum atomic E-state index is -1.08. The van der Waals surface area contributed by atoms with Crippen LogP contribution in [-0.2, 0) is 4.79 Å². The lowest BCUT2D eigenvalue weighted by atomic mass is 10.1. The summed E-state index contributed by atoms with van der Waals surface area (Å²) in [6.07, 6.45) is 1.28. The number of hydrogen-bond acceptors (Lipinski definition) is 6. The van der Waals surface area contributed by atoms with Gasteiger partial charge in [0.15, 0.2) is 5.16 Å². The number of para-hydroxylation sites is 1. The highest BCUT2D eigenvalue weighted by molar-refractivity contribution is 7.99. The molecule has 0 aliphatic heterocycles. The fourth-order valence-corrected chi connectivity index (χ4v) is 4.08. The van der Waals surface area contributed by atoms with Gasteiger partial charge in [-0.05, 0) is 37.3 Å². The van der Waals surface area contributed by atoms with Crippen LogP contribution in [0.4, 0.5) is 0 Å². The van der Waals surface area contributed by atoms with Gasteiger partial charge in [-0.2, -0.15) is 5.10 Å². The number of carboxylic acids is 1. The summed E-state index contributed by atoms with van der Waals surface area (Å²) in [5.41, 5.74) is 4.87. The smallest absolute Gasteiger partial charge is 0.336 e. The summed E-state index contributed by atoms with van der Waals surface area (Å²) < 4.78 is 1.49. The van der Waals surface area contributed by atoms with E-state index in [0.717, 1.165) is 17.3 Å². The van der Waals surface area contributed by atoms with E-state index in [4.69, 9.17) is 0 Å². The average Bonchev–Trinajstić information content (AvgIpc) is 2.84. The number of aromatic carboxylic acids is 1. The molecule has 4 aromatic rings. The third-order valence-corrected chi connectivity index (χ3v) is 5.89. The molecule has 170 valence electrons. The van der Waals surface area contributed by atoms with Gasteiger partial charge in [0.1, 0.15) is 0 Å². The summed E-state index contributed by atoms with van der Waals surface area (Å²) in [7, 11) is 0. The van der Waals surface area contributed by atoms with Crippen molar-refractivity contribution in [1.82, 2.24) is 15.0 Å². The van der Waals surface area contributed by atoms with Crippen molar-refractivity contribution >= 4 is 40.8 Å². The number of carbonyl (C=O) groups excluding carboxylic acids is 1. The van der Waals surface area contributed by atoms with Crippen LogP contribution >= 0.6 is 11.8 Å². The van der Waals surface area contributed by atoms with E-state index in [-0.39, 0.29) is 16.9 Å². The Balaban J connectivity index is 1.56. The molecule has 2 N–H and O–H groups in total. The van der Waals surface area contributed by atoms with Gasteiger partial charge in [-0.3, -0.25) is 14.2 Å². The number of hydrogen-bond donors (Lipinski definition) is 2. The van der Waals surface area contributed by atoms with E-state index in [9.17, 15) is 19.5 Å². The number of benzene rings is 3. The number of amides is 1. The van der Waals surface area contributed by atoms with Gasteiger partial charge in [0.2, 0.25) is 0 Å². The number of thioether (sulfide) groups is 1. The van der Waals surface area contributed by atoms with Gasteiger partial charge in [-0.1, -0.05) is 59.8 Å². The molecular formula is C25H20N4O4S. The first kappa shape index (κ1) is 22.9. The van der Waals surface area contributed by atoms with Crippen molar-refractivity contribution in [3.63, 3.8) is 0 Å². The molecule has 0 radical (unpaired) electrons. The minimum Gasteiger partial charge on any atom is -0.478 e. The number of nitrogens with zero attached hydrogens (tertiary/aromatic N) is 3. The fourth-order valence-electron chi connectivity index (χ4n) is 3.27. The predicted molar refractivity (Wildman–Crippen MR) is 132 cm³/mol. The third kappa shape index (κ3) is 5.05. The monoisotopic (exact) mass is 472 g/mol. The molecule has 0 atom stereocenters. The van der Waals surface area contributed by atoms with Crippen LogP contribution in [0.1, 0.15) is 21.5 Å². The molecule has 4 rings (SSSR count). The highest BCUT2D eigenvalue weighted by Gasteiger charge is 2.15. The minimum absolute atomic E-state index is 0.0471. The Morgan fingerprint density at radius 3 is 2.53 bits per heavy atom. The standard InChI is InChI=1S/C25H20N4O4S/c1-16-10-12-18(13-11-16)29-23(31)20-8-4-5-9-21(20)27-25(29)34-15-22(30)28-26-14-17-6-2-3-7-19(17)24(32)33/h2-14H,15H2,1H3,(H,28,30)(H,32,33). The normalized spacial score (nSPS) is 11.1. The largest absolute Gasteiger partial charge is 0.478 e. The van der Waals surface area contributed by atoms with Gasteiger partial charge >= 0.3 is 5.97 Å². The zero-order valence-electron chi connectivity index (χ0n) is 18.1. The van der Waals surface area contributed by atoms with Crippen molar-refractivity contribution in [2.75, 3.05) is 5.75 Å². The molecule has 0 aliphatic carbocycles. The van der Waals surface area contributed by atoms with Crippen LogP contribution in [0.2, 0.25) is 0 Å². The number of carboxylic acid groups (broad SMARTS) is 1. The molecule has 8 nitrogen and oxygen atoms in total.